The van der Waals surface area contributed by atoms with Crippen LogP contribution < -0.4 is 4.74 Å². The first-order chi connectivity index (χ1) is 11.7. The summed E-state index contributed by atoms with van der Waals surface area (Å²) in [5.74, 6) is 1.77. The Morgan fingerprint density at radius 1 is 1.16 bits per heavy atom. The number of rotatable bonds is 3. The lowest BCUT2D eigenvalue weighted by atomic mass is 9.49. The number of methoxy groups -OCH3 is 2. The maximum absolute atomic E-state index is 11.3. The zero-order valence-corrected chi connectivity index (χ0v) is 16.9. The van der Waals surface area contributed by atoms with Crippen molar-refractivity contribution in [3.63, 3.8) is 0 Å². The summed E-state index contributed by atoms with van der Waals surface area (Å²) in [5, 5.41) is 11.3. The Hall–Kier alpha value is -1.22. The van der Waals surface area contributed by atoms with Crippen molar-refractivity contribution in [2.24, 2.45) is 11.3 Å². The summed E-state index contributed by atoms with van der Waals surface area (Å²) in [5.41, 5.74) is 3.53. The van der Waals surface area contributed by atoms with Gasteiger partial charge in [-0.2, -0.15) is 0 Å². The van der Waals surface area contributed by atoms with E-state index in [0.717, 1.165) is 24.0 Å². The van der Waals surface area contributed by atoms with Gasteiger partial charge in [-0.15, -0.1) is 0 Å². The Bertz CT molecular complexity index is 662. The summed E-state index contributed by atoms with van der Waals surface area (Å²) in [7, 11) is 3.46. The fraction of sp³-hybridized carbons (Fsp3) is 0.727. The van der Waals surface area contributed by atoms with Crippen LogP contribution in [0.25, 0.3) is 0 Å². The SMILES string of the molecule is COc1c(C(C)C)cc2c(c1O)[C@@]1(C)CCCC(C)(C)C1C[C@@H]2OC. The second-order valence-corrected chi connectivity index (χ2v) is 9.24. The highest BCUT2D eigenvalue weighted by Gasteiger charge is 2.53. The maximum atomic E-state index is 11.3. The summed E-state index contributed by atoms with van der Waals surface area (Å²) in [6.07, 6.45) is 4.62. The first-order valence-corrected chi connectivity index (χ1v) is 9.64. The highest BCUT2D eigenvalue weighted by molar-refractivity contribution is 5.60. The van der Waals surface area contributed by atoms with E-state index in [9.17, 15) is 5.11 Å². The van der Waals surface area contributed by atoms with E-state index in [0.29, 0.717) is 17.4 Å². The van der Waals surface area contributed by atoms with Crippen molar-refractivity contribution >= 4 is 0 Å². The summed E-state index contributed by atoms with van der Waals surface area (Å²) < 4.78 is 11.6. The standard InChI is InChI=1S/C22H34O3/c1-13(2)14-11-15-16(24-6)12-17-21(3,4)9-8-10-22(17,5)18(15)19(23)20(14)25-7/h11,13,16-17,23H,8-10,12H2,1-7H3/t16-,17?,22-/m0/s1. The van der Waals surface area contributed by atoms with Crippen LogP contribution in [0.4, 0.5) is 0 Å². The summed E-state index contributed by atoms with van der Waals surface area (Å²) in [6, 6.07) is 2.23. The Kier molecular flexibility index (Phi) is 4.60. The fourth-order valence-corrected chi connectivity index (χ4v) is 5.75. The van der Waals surface area contributed by atoms with Crippen LogP contribution in [0.2, 0.25) is 0 Å². The quantitative estimate of drug-likeness (QED) is 0.763. The molecule has 3 nitrogen and oxygen atoms in total. The zero-order chi connectivity index (χ0) is 18.6. The van der Waals surface area contributed by atoms with Gasteiger partial charge in [0.1, 0.15) is 0 Å². The minimum atomic E-state index is -0.0288. The average Bonchev–Trinajstić information content (AvgIpc) is 2.53. The van der Waals surface area contributed by atoms with Crippen LogP contribution in [-0.4, -0.2) is 19.3 Å². The molecule has 1 fully saturated rings. The van der Waals surface area contributed by atoms with Gasteiger partial charge in [0.2, 0.25) is 0 Å². The molecule has 140 valence electrons. The topological polar surface area (TPSA) is 38.7 Å². The normalized spacial score (nSPS) is 30.7. The lowest BCUT2D eigenvalue weighted by molar-refractivity contribution is -0.0238. The van der Waals surface area contributed by atoms with E-state index >= 15 is 0 Å². The molecule has 0 aliphatic heterocycles. The Morgan fingerprint density at radius 2 is 1.84 bits per heavy atom. The van der Waals surface area contributed by atoms with Crippen LogP contribution in [0.3, 0.4) is 0 Å². The van der Waals surface area contributed by atoms with Crippen LogP contribution in [0.15, 0.2) is 6.07 Å². The Balaban J connectivity index is 2.30. The van der Waals surface area contributed by atoms with Gasteiger partial charge in [0.05, 0.1) is 13.2 Å². The first kappa shape index (κ1) is 18.6. The Labute approximate surface area is 152 Å². The van der Waals surface area contributed by atoms with Gasteiger partial charge in [-0.3, -0.25) is 0 Å². The molecule has 0 radical (unpaired) electrons. The molecule has 2 aliphatic carbocycles. The molecule has 0 aromatic heterocycles. The van der Waals surface area contributed by atoms with Gasteiger partial charge in [0.25, 0.3) is 0 Å². The highest BCUT2D eigenvalue weighted by Crippen LogP contribution is 2.62. The molecule has 25 heavy (non-hydrogen) atoms. The van der Waals surface area contributed by atoms with E-state index in [1.54, 1.807) is 14.2 Å². The molecule has 3 atom stereocenters. The van der Waals surface area contributed by atoms with Crippen molar-refractivity contribution in [2.45, 2.75) is 77.7 Å². The maximum Gasteiger partial charge on any atom is 0.164 e. The molecule has 1 unspecified atom stereocenters. The molecule has 0 bridgehead atoms. The first-order valence-electron chi connectivity index (χ1n) is 9.64. The van der Waals surface area contributed by atoms with Gasteiger partial charge in [-0.1, -0.05) is 41.0 Å². The number of aromatic hydroxyl groups is 1. The number of ether oxygens (including phenoxy) is 2. The van der Waals surface area contributed by atoms with Gasteiger partial charge in [0, 0.05) is 23.7 Å². The minimum Gasteiger partial charge on any atom is -0.504 e. The van der Waals surface area contributed by atoms with Gasteiger partial charge in [-0.05, 0) is 48.1 Å². The van der Waals surface area contributed by atoms with E-state index in [-0.39, 0.29) is 22.9 Å². The number of hydrogen-bond donors (Lipinski definition) is 1. The third-order valence-corrected chi connectivity index (χ3v) is 7.02. The van der Waals surface area contributed by atoms with Gasteiger partial charge in [-0.25, -0.2) is 0 Å². The second kappa shape index (κ2) is 6.19. The van der Waals surface area contributed by atoms with Crippen molar-refractivity contribution < 1.29 is 14.6 Å². The monoisotopic (exact) mass is 346 g/mol. The van der Waals surface area contributed by atoms with Crippen molar-refractivity contribution in [3.8, 4) is 11.5 Å². The molecular weight excluding hydrogens is 312 g/mol. The highest BCUT2D eigenvalue weighted by atomic mass is 16.5. The van der Waals surface area contributed by atoms with Gasteiger partial charge < -0.3 is 14.6 Å². The third-order valence-electron chi connectivity index (χ3n) is 7.02. The fourth-order valence-electron chi connectivity index (χ4n) is 5.75. The van der Waals surface area contributed by atoms with E-state index in [2.05, 4.69) is 40.7 Å². The molecule has 0 heterocycles. The molecule has 2 aliphatic rings. The molecule has 1 N–H and O–H groups in total. The average molecular weight is 347 g/mol. The van der Waals surface area contributed by atoms with Crippen molar-refractivity contribution in [1.29, 1.82) is 0 Å². The molecule has 3 rings (SSSR count). The predicted octanol–water partition coefficient (Wildman–Crippen LogP) is 5.70. The van der Waals surface area contributed by atoms with Crippen molar-refractivity contribution in [1.82, 2.24) is 0 Å². The number of benzene rings is 1. The Morgan fingerprint density at radius 3 is 2.40 bits per heavy atom. The van der Waals surface area contributed by atoms with Crippen molar-refractivity contribution in [3.05, 3.63) is 22.8 Å². The number of fused-ring (bicyclic) bond motifs is 3. The van der Waals surface area contributed by atoms with E-state index < -0.39 is 0 Å². The molecule has 0 spiro atoms. The molecule has 1 saturated carbocycles. The van der Waals surface area contributed by atoms with E-state index in [1.165, 1.54) is 18.4 Å². The summed E-state index contributed by atoms with van der Waals surface area (Å²) in [4.78, 5) is 0. The largest absolute Gasteiger partial charge is 0.504 e. The minimum absolute atomic E-state index is 0.0288. The van der Waals surface area contributed by atoms with Crippen LogP contribution in [0.1, 0.15) is 89.0 Å². The lowest BCUT2D eigenvalue weighted by Crippen LogP contribution is -2.49. The number of phenols is 1. The molecule has 0 amide bonds. The summed E-state index contributed by atoms with van der Waals surface area (Å²) >= 11 is 0. The molecular formula is C22H34O3. The number of hydrogen-bond acceptors (Lipinski definition) is 3. The van der Waals surface area contributed by atoms with Gasteiger partial charge >= 0.3 is 0 Å². The molecule has 1 aromatic carbocycles. The van der Waals surface area contributed by atoms with Crippen LogP contribution >= 0.6 is 0 Å². The zero-order valence-electron chi connectivity index (χ0n) is 16.9. The third kappa shape index (κ3) is 2.66. The summed E-state index contributed by atoms with van der Waals surface area (Å²) in [6.45, 7) is 11.4. The van der Waals surface area contributed by atoms with E-state index in [4.69, 9.17) is 9.47 Å². The molecule has 1 aromatic rings. The van der Waals surface area contributed by atoms with Crippen LogP contribution in [-0.2, 0) is 10.2 Å². The molecule has 3 heteroatoms. The second-order valence-electron chi connectivity index (χ2n) is 9.24. The lowest BCUT2D eigenvalue weighted by Gasteiger charge is -2.55. The van der Waals surface area contributed by atoms with Crippen molar-refractivity contribution in [2.75, 3.05) is 14.2 Å². The van der Waals surface area contributed by atoms with Crippen LogP contribution in [0, 0.1) is 11.3 Å². The molecule has 0 saturated heterocycles. The predicted molar refractivity (Wildman–Crippen MR) is 102 cm³/mol. The van der Waals surface area contributed by atoms with Crippen LogP contribution in [0.5, 0.6) is 11.5 Å². The number of phenolic OH excluding ortho intramolecular Hbond substituents is 1. The van der Waals surface area contributed by atoms with E-state index in [1.807, 2.05) is 0 Å². The van der Waals surface area contributed by atoms with Gasteiger partial charge in [0.15, 0.2) is 11.5 Å². The smallest absolute Gasteiger partial charge is 0.164 e.